The number of hydrogen-bond acceptors (Lipinski definition) is 0. The van der Waals surface area contributed by atoms with Gasteiger partial charge in [0.2, 0.25) is 0 Å². The molecule has 56 valence electrons. The smallest absolute Gasteiger partial charge is 0.178 e. The van der Waals surface area contributed by atoms with Crippen molar-refractivity contribution in [2.45, 2.75) is 20.4 Å². The lowest BCUT2D eigenvalue weighted by Gasteiger charge is -1.92. The first-order valence-electron chi connectivity index (χ1n) is 3.29. The fraction of sp³-hybridized carbons (Fsp3) is 0.375. The Bertz CT molecular complexity index is 198. The molecule has 0 aliphatic carbocycles. The molecule has 1 nitrogen and oxygen atoms in total. The summed E-state index contributed by atoms with van der Waals surface area (Å²) in [7, 11) is 0. The maximum atomic E-state index is 2.21. The molecule has 2 heteroatoms. The Morgan fingerprint density at radius 1 is 1.40 bits per heavy atom. The number of halogens is 1. The third-order valence-electron chi connectivity index (χ3n) is 1.51. The van der Waals surface area contributed by atoms with Crippen LogP contribution in [0.25, 0.3) is 0 Å². The third kappa shape index (κ3) is 1.79. The zero-order chi connectivity index (χ0) is 6.69. The fourth-order valence-corrected chi connectivity index (χ4v) is 0.917. The standard InChI is InChI=1S/C8H12N.FH/c1-3-9-7-5-4-6-8(9)2;/h4-7H,3H2,1-2H3;1H/q+1;/p-1. The molecular formula is C8H12FN. The first-order valence-corrected chi connectivity index (χ1v) is 3.29. The van der Waals surface area contributed by atoms with Gasteiger partial charge >= 0.3 is 0 Å². The summed E-state index contributed by atoms with van der Waals surface area (Å²) in [6.45, 7) is 5.32. The summed E-state index contributed by atoms with van der Waals surface area (Å²) in [6.07, 6.45) is 2.09. The first kappa shape index (κ1) is 9.08. The quantitative estimate of drug-likeness (QED) is 0.411. The summed E-state index contributed by atoms with van der Waals surface area (Å²) in [6, 6.07) is 6.22. The molecular weight excluding hydrogens is 129 g/mol. The van der Waals surface area contributed by atoms with Crippen molar-refractivity contribution in [3.63, 3.8) is 0 Å². The Morgan fingerprint density at radius 3 is 2.50 bits per heavy atom. The van der Waals surface area contributed by atoms with Gasteiger partial charge in [-0.2, -0.15) is 0 Å². The van der Waals surface area contributed by atoms with Crippen LogP contribution in [0.4, 0.5) is 0 Å². The van der Waals surface area contributed by atoms with Gasteiger partial charge < -0.3 is 4.70 Å². The normalized spacial score (nSPS) is 8.60. The molecule has 0 bridgehead atoms. The topological polar surface area (TPSA) is 3.88 Å². The van der Waals surface area contributed by atoms with Gasteiger partial charge in [0, 0.05) is 19.1 Å². The summed E-state index contributed by atoms with van der Waals surface area (Å²) in [5.74, 6) is 0. The predicted molar refractivity (Wildman–Crippen MR) is 37.0 cm³/mol. The molecule has 0 N–H and O–H groups in total. The molecule has 0 amide bonds. The van der Waals surface area contributed by atoms with Gasteiger partial charge in [-0.05, 0) is 6.92 Å². The van der Waals surface area contributed by atoms with E-state index in [-0.39, 0.29) is 4.70 Å². The largest absolute Gasteiger partial charge is 1.00 e. The third-order valence-corrected chi connectivity index (χ3v) is 1.51. The molecule has 1 aromatic rings. The van der Waals surface area contributed by atoms with Gasteiger partial charge in [0.25, 0.3) is 0 Å². The van der Waals surface area contributed by atoms with E-state index in [0.717, 1.165) is 6.54 Å². The lowest BCUT2D eigenvalue weighted by Crippen LogP contribution is -3.00. The number of nitrogens with zero attached hydrogens (tertiary/aromatic N) is 1. The second-order valence-corrected chi connectivity index (χ2v) is 2.13. The van der Waals surface area contributed by atoms with E-state index >= 15 is 0 Å². The van der Waals surface area contributed by atoms with Crippen molar-refractivity contribution >= 4 is 0 Å². The van der Waals surface area contributed by atoms with Crippen LogP contribution in [-0.2, 0) is 6.54 Å². The predicted octanol–water partition coefficient (Wildman–Crippen LogP) is -1.69. The maximum absolute atomic E-state index is 2.21. The molecule has 0 unspecified atom stereocenters. The van der Waals surface area contributed by atoms with E-state index in [1.807, 2.05) is 0 Å². The second-order valence-electron chi connectivity index (χ2n) is 2.13. The van der Waals surface area contributed by atoms with E-state index in [9.17, 15) is 0 Å². The van der Waals surface area contributed by atoms with Gasteiger partial charge in [0.1, 0.15) is 6.54 Å². The van der Waals surface area contributed by atoms with Crippen LogP contribution in [0, 0.1) is 6.92 Å². The highest BCUT2D eigenvalue weighted by Crippen LogP contribution is 1.85. The van der Waals surface area contributed by atoms with E-state index in [1.165, 1.54) is 5.69 Å². The fourth-order valence-electron chi connectivity index (χ4n) is 0.917. The van der Waals surface area contributed by atoms with Crippen molar-refractivity contribution < 1.29 is 9.27 Å². The highest BCUT2D eigenvalue weighted by molar-refractivity contribution is 4.93. The summed E-state index contributed by atoms with van der Waals surface area (Å²) >= 11 is 0. The SMILES string of the molecule is CC[n+]1ccccc1C.[F-]. The molecule has 10 heavy (non-hydrogen) atoms. The van der Waals surface area contributed by atoms with Crippen LogP contribution in [0.5, 0.6) is 0 Å². The van der Waals surface area contributed by atoms with Crippen LogP contribution in [0.3, 0.4) is 0 Å². The van der Waals surface area contributed by atoms with E-state index < -0.39 is 0 Å². The van der Waals surface area contributed by atoms with Crippen molar-refractivity contribution in [1.29, 1.82) is 0 Å². The Labute approximate surface area is 60.7 Å². The molecule has 0 saturated carbocycles. The molecule has 0 aromatic carbocycles. The second kappa shape index (κ2) is 3.99. The molecule has 0 spiro atoms. The van der Waals surface area contributed by atoms with Crippen LogP contribution in [0.15, 0.2) is 24.4 Å². The maximum Gasteiger partial charge on any atom is 0.178 e. The molecule has 0 radical (unpaired) electrons. The van der Waals surface area contributed by atoms with Crippen LogP contribution < -0.4 is 9.27 Å². The van der Waals surface area contributed by atoms with Crippen LogP contribution in [-0.4, -0.2) is 0 Å². The minimum Gasteiger partial charge on any atom is -1.00 e. The van der Waals surface area contributed by atoms with Gasteiger partial charge in [-0.3, -0.25) is 0 Å². The Hall–Kier alpha value is -0.920. The highest BCUT2D eigenvalue weighted by Gasteiger charge is 1.96. The van der Waals surface area contributed by atoms with Crippen LogP contribution in [0.1, 0.15) is 12.6 Å². The number of pyridine rings is 1. The van der Waals surface area contributed by atoms with Gasteiger partial charge in [-0.15, -0.1) is 0 Å². The molecule has 0 aliphatic heterocycles. The number of aryl methyl sites for hydroxylation is 2. The zero-order valence-electron chi connectivity index (χ0n) is 6.34. The van der Waals surface area contributed by atoms with Crippen molar-refractivity contribution in [2.75, 3.05) is 0 Å². The van der Waals surface area contributed by atoms with Crippen LogP contribution in [0.2, 0.25) is 0 Å². The number of hydrogen-bond donors (Lipinski definition) is 0. The molecule has 1 heterocycles. The molecule has 0 fully saturated rings. The number of aromatic nitrogens is 1. The lowest BCUT2D eigenvalue weighted by molar-refractivity contribution is -0.699. The minimum atomic E-state index is 0. The monoisotopic (exact) mass is 141 g/mol. The number of rotatable bonds is 1. The van der Waals surface area contributed by atoms with Gasteiger partial charge in [-0.1, -0.05) is 6.07 Å². The van der Waals surface area contributed by atoms with E-state index in [4.69, 9.17) is 0 Å². The molecule has 0 atom stereocenters. The van der Waals surface area contributed by atoms with Crippen LogP contribution >= 0.6 is 0 Å². The lowest BCUT2D eigenvalue weighted by atomic mass is 10.4. The summed E-state index contributed by atoms with van der Waals surface area (Å²) in [5, 5.41) is 0. The summed E-state index contributed by atoms with van der Waals surface area (Å²) in [5.41, 5.74) is 1.32. The summed E-state index contributed by atoms with van der Waals surface area (Å²) in [4.78, 5) is 0. The zero-order valence-corrected chi connectivity index (χ0v) is 6.34. The van der Waals surface area contributed by atoms with E-state index in [2.05, 4.69) is 42.8 Å². The van der Waals surface area contributed by atoms with Crippen molar-refractivity contribution in [1.82, 2.24) is 0 Å². The molecule has 0 saturated heterocycles. The molecule has 1 rings (SSSR count). The summed E-state index contributed by atoms with van der Waals surface area (Å²) < 4.78 is 2.21. The molecule has 0 aliphatic rings. The van der Waals surface area contributed by atoms with E-state index in [1.54, 1.807) is 0 Å². The average Bonchev–Trinajstić information content (AvgIpc) is 1.89. The molecule has 1 aromatic heterocycles. The van der Waals surface area contributed by atoms with Gasteiger partial charge in [0.15, 0.2) is 11.9 Å². The van der Waals surface area contributed by atoms with Crippen molar-refractivity contribution in [3.8, 4) is 0 Å². The Kier molecular flexibility index (Phi) is 3.62. The average molecular weight is 141 g/mol. The first-order chi connectivity index (χ1) is 4.34. The van der Waals surface area contributed by atoms with Gasteiger partial charge in [0.05, 0.1) is 0 Å². The Balaban J connectivity index is 0.000000810. The Morgan fingerprint density at radius 2 is 2.10 bits per heavy atom. The minimum absolute atomic E-state index is 0. The van der Waals surface area contributed by atoms with Crippen molar-refractivity contribution in [2.24, 2.45) is 0 Å². The van der Waals surface area contributed by atoms with Crippen molar-refractivity contribution in [3.05, 3.63) is 30.1 Å². The van der Waals surface area contributed by atoms with E-state index in [0.29, 0.717) is 0 Å². The highest BCUT2D eigenvalue weighted by atomic mass is 19.0. The van der Waals surface area contributed by atoms with Gasteiger partial charge in [-0.25, -0.2) is 4.57 Å².